The Kier molecular flexibility index (Phi) is 10.7. The Morgan fingerprint density at radius 2 is 0.739 bits per heavy atom. The quantitative estimate of drug-likeness (QED) is 0.143. The largest absolute Gasteiger partial charge is 0.416 e. The lowest BCUT2D eigenvalue weighted by molar-refractivity contribution is -0.143. The second-order valence-electron chi connectivity index (χ2n) is 16.5. The van der Waals surface area contributed by atoms with Gasteiger partial charge >= 0.3 is 12.4 Å². The predicted octanol–water partition coefficient (Wildman–Crippen LogP) is 16.1. The molecule has 0 spiro atoms. The van der Waals surface area contributed by atoms with E-state index in [4.69, 9.17) is 19.9 Å². The van der Waals surface area contributed by atoms with Crippen LogP contribution in [-0.4, -0.2) is 24.5 Å². The number of fused-ring (bicyclic) bond motifs is 3. The van der Waals surface area contributed by atoms with Crippen LogP contribution in [0.3, 0.4) is 0 Å². The molecule has 334 valence electrons. The van der Waals surface area contributed by atoms with Crippen molar-refractivity contribution in [2.24, 2.45) is 0 Å². The van der Waals surface area contributed by atoms with Crippen LogP contribution < -0.4 is 0 Å². The van der Waals surface area contributed by atoms with E-state index in [1.165, 1.54) is 0 Å². The summed E-state index contributed by atoms with van der Waals surface area (Å²) in [5.41, 5.74) is 6.88. The van der Waals surface area contributed by atoms with Gasteiger partial charge in [0.2, 0.25) is 0 Å². The molecule has 0 atom stereocenters. The number of aromatic nitrogens is 5. The maximum atomic E-state index is 14.1. The van der Waals surface area contributed by atoms with Crippen molar-refractivity contribution < 1.29 is 26.3 Å². The van der Waals surface area contributed by atoms with Gasteiger partial charge in [-0.25, -0.2) is 19.9 Å². The number of nitrogens with zero attached hydrogens (tertiary/aromatic N) is 5. The standard InChI is InChI=1S/C58H35F6N5/c59-57(60,61)43-29-42(30-44(33-43)58(62,63)64)40-25-27-53-46(31-40)45-23-13-14-24-52(45)69(53)54-28-26-41(56-66-48(36-15-5-1-6-16-36)34-49(67-56)37-17-7-2-8-18-37)32-47(54)51-35-50(38-19-9-3-10-20-38)65-55(68-51)39-21-11-4-12-22-39/h1-35H. The number of rotatable bonds is 8. The molecule has 0 saturated carbocycles. The molecular weight excluding hydrogens is 881 g/mol. The number of para-hydroxylation sites is 1. The average Bonchev–Trinajstić information content (AvgIpc) is 3.72. The van der Waals surface area contributed by atoms with Gasteiger partial charge in [0.1, 0.15) is 0 Å². The van der Waals surface area contributed by atoms with E-state index in [1.807, 2.05) is 180 Å². The Morgan fingerprint density at radius 1 is 0.304 bits per heavy atom. The summed E-state index contributed by atoms with van der Waals surface area (Å²) in [6.07, 6.45) is -10.0. The van der Waals surface area contributed by atoms with Crippen LogP contribution in [0.1, 0.15) is 11.1 Å². The summed E-state index contributed by atoms with van der Waals surface area (Å²) in [6, 6.07) is 63.3. The highest BCUT2D eigenvalue weighted by molar-refractivity contribution is 6.11. The molecule has 3 aromatic heterocycles. The summed E-state index contributed by atoms with van der Waals surface area (Å²) < 4.78 is 86.5. The number of alkyl halides is 6. The fourth-order valence-electron chi connectivity index (χ4n) is 8.76. The van der Waals surface area contributed by atoms with Crippen molar-refractivity contribution in [1.82, 2.24) is 24.5 Å². The van der Waals surface area contributed by atoms with Crippen LogP contribution in [0.25, 0.3) is 106 Å². The minimum absolute atomic E-state index is 0.143. The van der Waals surface area contributed by atoms with E-state index in [9.17, 15) is 26.3 Å². The minimum atomic E-state index is -5.00. The van der Waals surface area contributed by atoms with Crippen molar-refractivity contribution in [3.8, 4) is 84.6 Å². The Balaban J connectivity index is 1.18. The van der Waals surface area contributed by atoms with Crippen molar-refractivity contribution in [2.75, 3.05) is 0 Å². The Morgan fingerprint density at radius 3 is 1.28 bits per heavy atom. The highest BCUT2D eigenvalue weighted by Crippen LogP contribution is 2.43. The molecule has 0 aliphatic rings. The van der Waals surface area contributed by atoms with Crippen LogP contribution >= 0.6 is 0 Å². The van der Waals surface area contributed by atoms with E-state index in [2.05, 4.69) is 0 Å². The van der Waals surface area contributed by atoms with Gasteiger partial charge in [-0.05, 0) is 77.9 Å². The molecule has 5 nitrogen and oxygen atoms in total. The first-order valence-corrected chi connectivity index (χ1v) is 21.9. The number of halogens is 6. The third kappa shape index (κ3) is 8.39. The average molecular weight is 916 g/mol. The van der Waals surface area contributed by atoms with E-state index < -0.39 is 23.5 Å². The summed E-state index contributed by atoms with van der Waals surface area (Å²) in [5.74, 6) is 0.956. The van der Waals surface area contributed by atoms with Crippen molar-refractivity contribution in [1.29, 1.82) is 0 Å². The molecule has 0 bridgehead atoms. The molecule has 0 N–H and O–H groups in total. The molecule has 3 heterocycles. The van der Waals surface area contributed by atoms with E-state index in [0.717, 1.165) is 56.7 Å². The van der Waals surface area contributed by atoms with Gasteiger partial charge in [0.25, 0.3) is 0 Å². The number of hydrogen-bond donors (Lipinski definition) is 0. The van der Waals surface area contributed by atoms with Crippen LogP contribution in [0.2, 0.25) is 0 Å². The topological polar surface area (TPSA) is 56.5 Å². The van der Waals surface area contributed by atoms with E-state index in [-0.39, 0.29) is 17.2 Å². The molecule has 0 fully saturated rings. The molecule has 69 heavy (non-hydrogen) atoms. The molecule has 11 rings (SSSR count). The zero-order chi connectivity index (χ0) is 47.3. The van der Waals surface area contributed by atoms with Gasteiger partial charge in [0.05, 0.1) is 50.6 Å². The molecule has 11 aromatic rings. The lowest BCUT2D eigenvalue weighted by Crippen LogP contribution is -2.11. The Hall–Kier alpha value is -8.70. The van der Waals surface area contributed by atoms with Gasteiger partial charge in [0, 0.05) is 44.2 Å². The minimum Gasteiger partial charge on any atom is -0.309 e. The zero-order valence-electron chi connectivity index (χ0n) is 36.2. The van der Waals surface area contributed by atoms with Crippen molar-refractivity contribution in [3.63, 3.8) is 0 Å². The van der Waals surface area contributed by atoms with Gasteiger partial charge in [-0.1, -0.05) is 146 Å². The van der Waals surface area contributed by atoms with E-state index >= 15 is 0 Å². The SMILES string of the molecule is FC(F)(F)c1cc(-c2ccc3c(c2)c2ccccc2n3-c2ccc(-c3nc(-c4ccccc4)cc(-c4ccccc4)n3)cc2-c2cc(-c3ccccc3)nc(-c3ccccc3)n2)cc(C(F)(F)F)c1. The summed E-state index contributed by atoms with van der Waals surface area (Å²) in [7, 11) is 0. The number of benzene rings is 8. The normalized spacial score (nSPS) is 11.9. The van der Waals surface area contributed by atoms with Gasteiger partial charge < -0.3 is 4.57 Å². The highest BCUT2D eigenvalue weighted by atomic mass is 19.4. The summed E-state index contributed by atoms with van der Waals surface area (Å²) in [4.78, 5) is 20.6. The molecular formula is C58H35F6N5. The second-order valence-corrected chi connectivity index (χ2v) is 16.5. The maximum Gasteiger partial charge on any atom is 0.416 e. The van der Waals surface area contributed by atoms with Crippen LogP contribution in [0, 0.1) is 0 Å². The van der Waals surface area contributed by atoms with Gasteiger partial charge in [0.15, 0.2) is 11.6 Å². The van der Waals surface area contributed by atoms with Crippen LogP contribution in [0.5, 0.6) is 0 Å². The lowest BCUT2D eigenvalue weighted by Gasteiger charge is -2.17. The number of hydrogen-bond acceptors (Lipinski definition) is 4. The third-order valence-corrected chi connectivity index (χ3v) is 12.1. The van der Waals surface area contributed by atoms with E-state index in [1.54, 1.807) is 18.2 Å². The van der Waals surface area contributed by atoms with Gasteiger partial charge in [-0.2, -0.15) is 26.3 Å². The molecule has 0 aliphatic heterocycles. The molecule has 0 aliphatic carbocycles. The fraction of sp³-hybridized carbons (Fsp3) is 0.0345. The fourth-order valence-corrected chi connectivity index (χ4v) is 8.76. The van der Waals surface area contributed by atoms with Gasteiger partial charge in [-0.15, -0.1) is 0 Å². The molecule has 0 unspecified atom stereocenters. The van der Waals surface area contributed by atoms with Crippen LogP contribution in [0.4, 0.5) is 26.3 Å². The first-order valence-electron chi connectivity index (χ1n) is 21.9. The Bertz CT molecular complexity index is 3540. The van der Waals surface area contributed by atoms with Gasteiger partial charge in [-0.3, -0.25) is 0 Å². The molecule has 0 amide bonds. The van der Waals surface area contributed by atoms with Crippen molar-refractivity contribution >= 4 is 21.8 Å². The summed E-state index contributed by atoms with van der Waals surface area (Å²) >= 11 is 0. The highest BCUT2D eigenvalue weighted by Gasteiger charge is 2.37. The molecule has 0 saturated heterocycles. The molecule has 8 aromatic carbocycles. The lowest BCUT2D eigenvalue weighted by atomic mass is 9.97. The summed E-state index contributed by atoms with van der Waals surface area (Å²) in [5, 5.41) is 1.35. The summed E-state index contributed by atoms with van der Waals surface area (Å²) in [6.45, 7) is 0. The third-order valence-electron chi connectivity index (χ3n) is 12.1. The smallest absolute Gasteiger partial charge is 0.309 e. The Labute approximate surface area is 391 Å². The monoisotopic (exact) mass is 915 g/mol. The van der Waals surface area contributed by atoms with Crippen molar-refractivity contribution in [3.05, 3.63) is 223 Å². The molecule has 0 radical (unpaired) electrons. The van der Waals surface area contributed by atoms with Crippen molar-refractivity contribution in [2.45, 2.75) is 12.4 Å². The maximum absolute atomic E-state index is 14.1. The molecule has 11 heteroatoms. The second kappa shape index (κ2) is 17.2. The van der Waals surface area contributed by atoms with Crippen LogP contribution in [-0.2, 0) is 12.4 Å². The van der Waals surface area contributed by atoms with Crippen LogP contribution in [0.15, 0.2) is 212 Å². The first-order chi connectivity index (χ1) is 33.4. The van der Waals surface area contributed by atoms with E-state index in [0.29, 0.717) is 50.8 Å². The zero-order valence-corrected chi connectivity index (χ0v) is 36.2. The first kappa shape index (κ1) is 42.9. The predicted molar refractivity (Wildman–Crippen MR) is 260 cm³/mol.